The predicted octanol–water partition coefficient (Wildman–Crippen LogP) is 3.55. The van der Waals surface area contributed by atoms with Crippen LogP contribution in [0.1, 0.15) is 15.9 Å². The highest BCUT2D eigenvalue weighted by molar-refractivity contribution is 7.92. The standard InChI is InChI=1S/C22H20FN3O3S/c1-2-21(26-18-6-5-13-24-15-18)30(28,29)20-8-4-3-7-19(20)22(27)25-14-16-9-11-17(23)12-10-16/h2-13,15,21,26H,1,14H2,(H,25,27). The maximum atomic E-state index is 13.2. The number of sulfone groups is 1. The number of nitrogens with one attached hydrogen (secondary N) is 2. The van der Waals surface area contributed by atoms with Crippen molar-refractivity contribution >= 4 is 21.4 Å². The Labute approximate surface area is 174 Å². The number of amides is 1. The lowest BCUT2D eigenvalue weighted by molar-refractivity contribution is 0.0947. The van der Waals surface area contributed by atoms with Crippen LogP contribution in [0.5, 0.6) is 0 Å². The fourth-order valence-electron chi connectivity index (χ4n) is 2.79. The number of nitrogens with zero attached hydrogens (tertiary/aromatic N) is 1. The summed E-state index contributed by atoms with van der Waals surface area (Å²) in [6, 6.07) is 15.0. The van der Waals surface area contributed by atoms with Crippen molar-refractivity contribution in [2.45, 2.75) is 16.8 Å². The Morgan fingerprint density at radius 1 is 1.10 bits per heavy atom. The first-order chi connectivity index (χ1) is 14.4. The molecule has 1 heterocycles. The number of hydrogen-bond donors (Lipinski definition) is 2. The van der Waals surface area contributed by atoms with E-state index in [-0.39, 0.29) is 22.8 Å². The number of carbonyl (C=O) groups is 1. The summed E-state index contributed by atoms with van der Waals surface area (Å²) in [6.07, 6.45) is 4.33. The summed E-state index contributed by atoms with van der Waals surface area (Å²) >= 11 is 0. The molecule has 0 saturated carbocycles. The van der Waals surface area contributed by atoms with E-state index in [1.807, 2.05) is 0 Å². The number of pyridine rings is 1. The normalized spacial score (nSPS) is 12.0. The lowest BCUT2D eigenvalue weighted by Gasteiger charge is -2.18. The van der Waals surface area contributed by atoms with E-state index in [2.05, 4.69) is 22.2 Å². The average molecular weight is 425 g/mol. The van der Waals surface area contributed by atoms with Crippen LogP contribution in [-0.4, -0.2) is 24.7 Å². The predicted molar refractivity (Wildman–Crippen MR) is 113 cm³/mol. The molecule has 0 aliphatic rings. The van der Waals surface area contributed by atoms with E-state index in [9.17, 15) is 17.6 Å². The smallest absolute Gasteiger partial charge is 0.252 e. The van der Waals surface area contributed by atoms with Gasteiger partial charge < -0.3 is 10.6 Å². The number of carbonyl (C=O) groups excluding carboxylic acids is 1. The second-order valence-electron chi connectivity index (χ2n) is 6.39. The number of rotatable bonds is 8. The summed E-state index contributed by atoms with van der Waals surface area (Å²) in [6.45, 7) is 3.74. The van der Waals surface area contributed by atoms with Gasteiger partial charge in [0.15, 0.2) is 5.37 Å². The van der Waals surface area contributed by atoms with Gasteiger partial charge in [-0.3, -0.25) is 9.78 Å². The van der Waals surface area contributed by atoms with Crippen LogP contribution in [-0.2, 0) is 16.4 Å². The summed E-state index contributed by atoms with van der Waals surface area (Å²) in [5.74, 6) is -0.930. The van der Waals surface area contributed by atoms with Crippen LogP contribution in [0.15, 0.2) is 90.6 Å². The number of hydrogen-bond acceptors (Lipinski definition) is 5. The molecule has 1 unspecified atom stereocenters. The molecule has 0 aliphatic carbocycles. The molecule has 30 heavy (non-hydrogen) atoms. The van der Waals surface area contributed by atoms with E-state index in [4.69, 9.17) is 0 Å². The Bertz CT molecular complexity index is 1130. The lowest BCUT2D eigenvalue weighted by atomic mass is 10.2. The molecule has 3 aromatic rings. The van der Waals surface area contributed by atoms with Gasteiger partial charge in [0.25, 0.3) is 5.91 Å². The SMILES string of the molecule is C=CC(Nc1cccnc1)S(=O)(=O)c1ccccc1C(=O)NCc1ccc(F)cc1. The zero-order valence-corrected chi connectivity index (χ0v) is 16.8. The Balaban J connectivity index is 1.84. The first-order valence-corrected chi connectivity index (χ1v) is 10.6. The highest BCUT2D eigenvalue weighted by Gasteiger charge is 2.29. The Hall–Kier alpha value is -3.52. The van der Waals surface area contributed by atoms with Gasteiger partial charge in [0.1, 0.15) is 5.82 Å². The maximum Gasteiger partial charge on any atom is 0.252 e. The van der Waals surface area contributed by atoms with E-state index in [0.29, 0.717) is 11.3 Å². The van der Waals surface area contributed by atoms with Crippen molar-refractivity contribution in [3.05, 3.63) is 103 Å². The van der Waals surface area contributed by atoms with Gasteiger partial charge in [0.2, 0.25) is 9.84 Å². The fourth-order valence-corrected chi connectivity index (χ4v) is 4.35. The van der Waals surface area contributed by atoms with E-state index < -0.39 is 21.1 Å². The molecular formula is C22H20FN3O3S. The van der Waals surface area contributed by atoms with Crippen LogP contribution in [0.4, 0.5) is 10.1 Å². The fraction of sp³-hybridized carbons (Fsp3) is 0.0909. The monoisotopic (exact) mass is 425 g/mol. The first kappa shape index (κ1) is 21.2. The molecule has 6 nitrogen and oxygen atoms in total. The van der Waals surface area contributed by atoms with Gasteiger partial charge in [0, 0.05) is 18.9 Å². The molecule has 2 aromatic carbocycles. The van der Waals surface area contributed by atoms with Crippen molar-refractivity contribution in [2.24, 2.45) is 0 Å². The molecule has 0 aliphatic heterocycles. The van der Waals surface area contributed by atoms with Crippen LogP contribution in [0.2, 0.25) is 0 Å². The van der Waals surface area contributed by atoms with E-state index in [0.717, 1.165) is 0 Å². The average Bonchev–Trinajstić information content (AvgIpc) is 2.77. The van der Waals surface area contributed by atoms with Crippen molar-refractivity contribution in [1.29, 1.82) is 0 Å². The lowest BCUT2D eigenvalue weighted by Crippen LogP contribution is -2.31. The first-order valence-electron chi connectivity index (χ1n) is 9.06. The molecule has 0 saturated heterocycles. The van der Waals surface area contributed by atoms with E-state index >= 15 is 0 Å². The van der Waals surface area contributed by atoms with Crippen LogP contribution < -0.4 is 10.6 Å². The highest BCUT2D eigenvalue weighted by atomic mass is 32.2. The Morgan fingerprint density at radius 2 is 1.83 bits per heavy atom. The van der Waals surface area contributed by atoms with Gasteiger partial charge in [-0.2, -0.15) is 0 Å². The summed E-state index contributed by atoms with van der Waals surface area (Å²) in [7, 11) is -3.98. The minimum Gasteiger partial charge on any atom is -0.364 e. The topological polar surface area (TPSA) is 88.2 Å². The number of anilines is 1. The minimum absolute atomic E-state index is 0.0134. The van der Waals surface area contributed by atoms with Crippen molar-refractivity contribution in [2.75, 3.05) is 5.32 Å². The highest BCUT2D eigenvalue weighted by Crippen LogP contribution is 2.23. The Morgan fingerprint density at radius 3 is 2.50 bits per heavy atom. The van der Waals surface area contributed by atoms with Crippen molar-refractivity contribution in [3.63, 3.8) is 0 Å². The second-order valence-corrected chi connectivity index (χ2v) is 8.43. The largest absolute Gasteiger partial charge is 0.364 e. The molecular weight excluding hydrogens is 405 g/mol. The number of halogens is 1. The van der Waals surface area contributed by atoms with Gasteiger partial charge in [-0.05, 0) is 42.0 Å². The third kappa shape index (κ3) is 4.90. The van der Waals surface area contributed by atoms with Crippen molar-refractivity contribution in [1.82, 2.24) is 10.3 Å². The minimum atomic E-state index is -3.98. The van der Waals surface area contributed by atoms with Crippen LogP contribution in [0, 0.1) is 5.82 Å². The molecule has 1 aromatic heterocycles. The van der Waals surface area contributed by atoms with Gasteiger partial charge in [0.05, 0.1) is 16.1 Å². The third-order valence-corrected chi connectivity index (χ3v) is 6.27. The molecule has 8 heteroatoms. The zero-order valence-electron chi connectivity index (χ0n) is 16.0. The van der Waals surface area contributed by atoms with Gasteiger partial charge in [-0.25, -0.2) is 12.8 Å². The van der Waals surface area contributed by atoms with Crippen molar-refractivity contribution in [3.8, 4) is 0 Å². The second kappa shape index (κ2) is 9.32. The van der Waals surface area contributed by atoms with Gasteiger partial charge >= 0.3 is 0 Å². The van der Waals surface area contributed by atoms with E-state index in [1.165, 1.54) is 36.5 Å². The molecule has 2 N–H and O–H groups in total. The van der Waals surface area contributed by atoms with Gasteiger partial charge in [-0.15, -0.1) is 0 Å². The van der Waals surface area contributed by atoms with Crippen LogP contribution >= 0.6 is 0 Å². The molecule has 0 bridgehead atoms. The summed E-state index contributed by atoms with van der Waals surface area (Å²) in [5, 5.41) is 4.37. The van der Waals surface area contributed by atoms with E-state index in [1.54, 1.807) is 42.6 Å². The zero-order chi connectivity index (χ0) is 21.6. The number of aromatic nitrogens is 1. The molecule has 0 radical (unpaired) electrons. The molecule has 154 valence electrons. The molecule has 1 amide bonds. The Kier molecular flexibility index (Phi) is 6.58. The summed E-state index contributed by atoms with van der Waals surface area (Å²) in [4.78, 5) is 16.5. The molecule has 1 atom stereocenters. The van der Waals surface area contributed by atoms with Gasteiger partial charge in [-0.1, -0.05) is 36.9 Å². The molecule has 3 rings (SSSR count). The third-order valence-electron chi connectivity index (χ3n) is 4.32. The summed E-state index contributed by atoms with van der Waals surface area (Å²) in [5.41, 5.74) is 1.20. The van der Waals surface area contributed by atoms with Crippen molar-refractivity contribution < 1.29 is 17.6 Å². The van der Waals surface area contributed by atoms with Crippen LogP contribution in [0.3, 0.4) is 0 Å². The molecule has 0 spiro atoms. The van der Waals surface area contributed by atoms with Crippen LogP contribution in [0.25, 0.3) is 0 Å². The molecule has 0 fully saturated rings. The summed E-state index contributed by atoms with van der Waals surface area (Å²) < 4.78 is 39.5. The quantitative estimate of drug-likeness (QED) is 0.539. The maximum absolute atomic E-state index is 13.2. The number of benzene rings is 2.